The molecule has 1 heterocycles. The maximum atomic E-state index is 14.2. The molecule has 0 spiro atoms. The standard InChI is InChI=1S/C29H25NO2S/c1-22-27(23-14-6-2-7-15-23)29(25-18-10-4-11-19-25)30(28(22)24-16-8-3-9-17-24)33(31,32)26-20-12-5-13-21-26/h2-21,27-29H,1H2. The Bertz CT molecular complexity index is 1340. The van der Waals surface area contributed by atoms with Crippen molar-refractivity contribution in [3.8, 4) is 0 Å². The third kappa shape index (κ3) is 3.82. The van der Waals surface area contributed by atoms with Gasteiger partial charge in [0.05, 0.1) is 17.0 Å². The summed E-state index contributed by atoms with van der Waals surface area (Å²) in [6, 6.07) is 37.6. The van der Waals surface area contributed by atoms with E-state index in [0.717, 1.165) is 22.3 Å². The largest absolute Gasteiger partial charge is 0.244 e. The number of hydrogen-bond donors (Lipinski definition) is 0. The normalized spacial score (nSPS) is 21.2. The molecule has 3 nitrogen and oxygen atoms in total. The van der Waals surface area contributed by atoms with Crippen LogP contribution in [0.1, 0.15) is 34.7 Å². The highest BCUT2D eigenvalue weighted by Crippen LogP contribution is 2.57. The Hall–Kier alpha value is -3.47. The van der Waals surface area contributed by atoms with Crippen molar-refractivity contribution >= 4 is 10.0 Å². The maximum absolute atomic E-state index is 14.2. The van der Waals surface area contributed by atoms with Gasteiger partial charge in [0.1, 0.15) is 0 Å². The van der Waals surface area contributed by atoms with Gasteiger partial charge in [0, 0.05) is 5.92 Å². The molecule has 1 aliphatic rings. The van der Waals surface area contributed by atoms with Gasteiger partial charge in [-0.3, -0.25) is 0 Å². The van der Waals surface area contributed by atoms with Gasteiger partial charge in [0.15, 0.2) is 0 Å². The first kappa shape index (κ1) is 21.4. The molecule has 5 rings (SSSR count). The highest BCUT2D eigenvalue weighted by molar-refractivity contribution is 7.89. The van der Waals surface area contributed by atoms with Crippen molar-refractivity contribution in [2.24, 2.45) is 0 Å². The summed E-state index contributed by atoms with van der Waals surface area (Å²) in [6.45, 7) is 4.50. The first-order valence-electron chi connectivity index (χ1n) is 11.0. The van der Waals surface area contributed by atoms with Crippen LogP contribution in [0, 0.1) is 0 Å². The first-order chi connectivity index (χ1) is 16.1. The van der Waals surface area contributed by atoms with Crippen LogP contribution in [-0.4, -0.2) is 12.7 Å². The molecule has 4 aromatic carbocycles. The van der Waals surface area contributed by atoms with E-state index in [1.807, 2.05) is 84.9 Å². The first-order valence-corrected chi connectivity index (χ1v) is 12.4. The molecule has 0 aliphatic carbocycles. The molecule has 3 atom stereocenters. The summed E-state index contributed by atoms with van der Waals surface area (Å²) >= 11 is 0. The van der Waals surface area contributed by atoms with Crippen LogP contribution in [0.15, 0.2) is 138 Å². The van der Waals surface area contributed by atoms with Gasteiger partial charge in [-0.15, -0.1) is 0 Å². The number of hydrogen-bond acceptors (Lipinski definition) is 2. The summed E-state index contributed by atoms with van der Waals surface area (Å²) in [5, 5.41) is 0. The lowest BCUT2D eigenvalue weighted by molar-refractivity contribution is 0.328. The van der Waals surface area contributed by atoms with Crippen molar-refractivity contribution in [3.05, 3.63) is 150 Å². The Morgan fingerprint density at radius 2 is 1.00 bits per heavy atom. The number of benzene rings is 4. The predicted molar refractivity (Wildman–Crippen MR) is 132 cm³/mol. The predicted octanol–water partition coefficient (Wildman–Crippen LogP) is 6.51. The SMILES string of the molecule is C=C1C(c2ccccc2)C(c2ccccc2)N(S(=O)(=O)c2ccccc2)C1c1ccccc1. The van der Waals surface area contributed by atoms with E-state index in [1.165, 1.54) is 0 Å². The lowest BCUT2D eigenvalue weighted by atomic mass is 9.83. The molecule has 0 aromatic heterocycles. The summed E-state index contributed by atoms with van der Waals surface area (Å²) in [5.41, 5.74) is 3.80. The number of sulfonamides is 1. The zero-order valence-corrected chi connectivity index (χ0v) is 19.0. The van der Waals surface area contributed by atoms with E-state index in [9.17, 15) is 8.42 Å². The Kier molecular flexibility index (Phi) is 5.71. The van der Waals surface area contributed by atoms with Crippen molar-refractivity contribution in [2.45, 2.75) is 22.9 Å². The average Bonchev–Trinajstić information content (AvgIpc) is 3.20. The van der Waals surface area contributed by atoms with Crippen LogP contribution in [0.4, 0.5) is 0 Å². The van der Waals surface area contributed by atoms with E-state index < -0.39 is 22.1 Å². The second kappa shape index (κ2) is 8.81. The molecule has 3 unspecified atom stereocenters. The van der Waals surface area contributed by atoms with E-state index in [1.54, 1.807) is 28.6 Å². The average molecular weight is 452 g/mol. The van der Waals surface area contributed by atoms with Gasteiger partial charge in [-0.25, -0.2) is 8.42 Å². The molecule has 4 heteroatoms. The van der Waals surface area contributed by atoms with Crippen molar-refractivity contribution in [2.75, 3.05) is 0 Å². The third-order valence-corrected chi connectivity index (χ3v) is 8.19. The second-order valence-corrected chi connectivity index (χ2v) is 10.1. The zero-order valence-electron chi connectivity index (χ0n) is 18.2. The lowest BCUT2D eigenvalue weighted by Crippen LogP contribution is -2.34. The van der Waals surface area contributed by atoms with E-state index in [4.69, 9.17) is 0 Å². The molecule has 4 aromatic rings. The summed E-state index contributed by atoms with van der Waals surface area (Å²) in [6.07, 6.45) is 0. The molecular weight excluding hydrogens is 426 g/mol. The highest BCUT2D eigenvalue weighted by atomic mass is 32.2. The smallest absolute Gasteiger partial charge is 0.207 e. The molecule has 0 radical (unpaired) electrons. The fraction of sp³-hybridized carbons (Fsp3) is 0.103. The van der Waals surface area contributed by atoms with Crippen LogP contribution >= 0.6 is 0 Å². The monoisotopic (exact) mass is 451 g/mol. The van der Waals surface area contributed by atoms with Crippen LogP contribution in [0.3, 0.4) is 0 Å². The van der Waals surface area contributed by atoms with E-state index in [2.05, 4.69) is 18.7 Å². The van der Waals surface area contributed by atoms with Crippen molar-refractivity contribution in [1.29, 1.82) is 0 Å². The van der Waals surface area contributed by atoms with Crippen LogP contribution in [-0.2, 0) is 10.0 Å². The van der Waals surface area contributed by atoms with Gasteiger partial charge < -0.3 is 0 Å². The number of rotatable bonds is 5. The van der Waals surface area contributed by atoms with E-state index in [0.29, 0.717) is 0 Å². The summed E-state index contributed by atoms with van der Waals surface area (Å²) in [4.78, 5) is 0.286. The van der Waals surface area contributed by atoms with Crippen molar-refractivity contribution in [1.82, 2.24) is 4.31 Å². The fourth-order valence-corrected chi connectivity index (χ4v) is 6.71. The zero-order chi connectivity index (χ0) is 22.8. The minimum Gasteiger partial charge on any atom is -0.207 e. The second-order valence-electron chi connectivity index (χ2n) is 8.28. The molecule has 33 heavy (non-hydrogen) atoms. The summed E-state index contributed by atoms with van der Waals surface area (Å²) in [5.74, 6) is -0.183. The van der Waals surface area contributed by atoms with E-state index in [-0.39, 0.29) is 10.8 Å². The minimum atomic E-state index is -3.83. The minimum absolute atomic E-state index is 0.183. The molecule has 0 amide bonds. The Morgan fingerprint density at radius 1 is 0.576 bits per heavy atom. The van der Waals surface area contributed by atoms with Gasteiger partial charge >= 0.3 is 0 Å². The van der Waals surface area contributed by atoms with Gasteiger partial charge in [-0.05, 0) is 34.4 Å². The quantitative estimate of drug-likeness (QED) is 0.324. The number of nitrogens with zero attached hydrogens (tertiary/aromatic N) is 1. The van der Waals surface area contributed by atoms with Gasteiger partial charge in [-0.1, -0.05) is 116 Å². The van der Waals surface area contributed by atoms with Crippen LogP contribution in [0.5, 0.6) is 0 Å². The third-order valence-electron chi connectivity index (χ3n) is 6.33. The van der Waals surface area contributed by atoms with E-state index >= 15 is 0 Å². The lowest BCUT2D eigenvalue weighted by Gasteiger charge is -2.31. The molecule has 0 bridgehead atoms. The fourth-order valence-electron chi connectivity index (χ4n) is 4.89. The molecule has 164 valence electrons. The van der Waals surface area contributed by atoms with Crippen LogP contribution in [0.25, 0.3) is 0 Å². The van der Waals surface area contributed by atoms with Crippen LogP contribution < -0.4 is 0 Å². The summed E-state index contributed by atoms with van der Waals surface area (Å²) in [7, 11) is -3.83. The molecular formula is C29H25NO2S. The molecule has 1 fully saturated rings. The molecule has 1 aliphatic heterocycles. The van der Waals surface area contributed by atoms with Crippen LogP contribution in [0.2, 0.25) is 0 Å². The van der Waals surface area contributed by atoms with Gasteiger partial charge in [-0.2, -0.15) is 4.31 Å². The highest BCUT2D eigenvalue weighted by Gasteiger charge is 2.51. The van der Waals surface area contributed by atoms with Crippen molar-refractivity contribution in [3.63, 3.8) is 0 Å². The molecule has 0 N–H and O–H groups in total. The van der Waals surface area contributed by atoms with Crippen molar-refractivity contribution < 1.29 is 8.42 Å². The molecule has 0 saturated carbocycles. The topological polar surface area (TPSA) is 37.4 Å². The Balaban J connectivity index is 1.78. The maximum Gasteiger partial charge on any atom is 0.244 e. The van der Waals surface area contributed by atoms with Gasteiger partial charge in [0.25, 0.3) is 0 Å². The summed E-state index contributed by atoms with van der Waals surface area (Å²) < 4.78 is 30.1. The Labute approximate surface area is 195 Å². The van der Waals surface area contributed by atoms with Gasteiger partial charge in [0.2, 0.25) is 10.0 Å². The Morgan fingerprint density at radius 3 is 1.52 bits per heavy atom. The molecule has 1 saturated heterocycles.